The van der Waals surface area contributed by atoms with Crippen LogP contribution in [0.3, 0.4) is 0 Å². The number of benzene rings is 1. The van der Waals surface area contributed by atoms with Gasteiger partial charge in [0.05, 0.1) is 0 Å². The van der Waals surface area contributed by atoms with E-state index in [9.17, 15) is 4.79 Å². The molecule has 0 atom stereocenters. The van der Waals surface area contributed by atoms with Gasteiger partial charge >= 0.3 is 0 Å². The maximum Gasteiger partial charge on any atom is 0.260 e. The first-order valence-electron chi connectivity index (χ1n) is 6.58. The molecule has 2 N–H and O–H groups in total. The van der Waals surface area contributed by atoms with Gasteiger partial charge < -0.3 is 20.3 Å². The molecule has 1 saturated heterocycles. The summed E-state index contributed by atoms with van der Waals surface area (Å²) in [5.41, 5.74) is 6.68. The third-order valence-electron chi connectivity index (χ3n) is 3.30. The van der Waals surface area contributed by atoms with E-state index in [-0.39, 0.29) is 12.5 Å². The highest BCUT2D eigenvalue weighted by molar-refractivity contribution is 7.80. The van der Waals surface area contributed by atoms with Gasteiger partial charge in [0.15, 0.2) is 11.7 Å². The smallest absolute Gasteiger partial charge is 0.260 e. The van der Waals surface area contributed by atoms with Crippen LogP contribution in [0.2, 0.25) is 0 Å². The number of thiocarbonyl (C=S) groups is 1. The number of piperazine rings is 1. The standard InChI is InChI=1S/C14H19N3O2S/c1-11-3-2-4-12(9-11)19-10-13(18)16-5-7-17(8-6-16)14(15)20/h2-4,9H,5-8,10H2,1H3,(H2,15,20). The van der Waals surface area contributed by atoms with Crippen molar-refractivity contribution in [2.75, 3.05) is 32.8 Å². The maximum absolute atomic E-state index is 12.1. The molecule has 6 heteroatoms. The zero-order valence-corrected chi connectivity index (χ0v) is 12.4. The molecular formula is C14H19N3O2S. The zero-order valence-electron chi connectivity index (χ0n) is 11.5. The lowest BCUT2D eigenvalue weighted by molar-refractivity contribution is -0.134. The van der Waals surface area contributed by atoms with Crippen LogP contribution in [0.1, 0.15) is 5.56 Å². The first-order chi connectivity index (χ1) is 9.56. The molecule has 1 fully saturated rings. The van der Waals surface area contributed by atoms with Crippen LogP contribution in [-0.2, 0) is 4.79 Å². The third-order valence-corrected chi connectivity index (χ3v) is 3.55. The summed E-state index contributed by atoms with van der Waals surface area (Å²) in [6.45, 7) is 4.69. The monoisotopic (exact) mass is 293 g/mol. The largest absolute Gasteiger partial charge is 0.484 e. The minimum Gasteiger partial charge on any atom is -0.484 e. The maximum atomic E-state index is 12.1. The van der Waals surface area contributed by atoms with Crippen LogP contribution in [0.4, 0.5) is 0 Å². The van der Waals surface area contributed by atoms with Crippen LogP contribution in [0.15, 0.2) is 24.3 Å². The Labute approximate surface area is 124 Å². The summed E-state index contributed by atoms with van der Waals surface area (Å²) >= 11 is 4.92. The normalized spacial score (nSPS) is 15.1. The van der Waals surface area contributed by atoms with Crippen LogP contribution >= 0.6 is 12.2 Å². The number of aryl methyl sites for hydroxylation is 1. The number of hydrogen-bond donors (Lipinski definition) is 1. The molecule has 1 amide bonds. The number of nitrogens with two attached hydrogens (primary N) is 1. The van der Waals surface area contributed by atoms with E-state index in [4.69, 9.17) is 22.7 Å². The summed E-state index contributed by atoms with van der Waals surface area (Å²) in [7, 11) is 0. The van der Waals surface area contributed by atoms with Crippen molar-refractivity contribution in [1.82, 2.24) is 9.80 Å². The van der Waals surface area contributed by atoms with Crippen LogP contribution in [0, 0.1) is 6.92 Å². The average molecular weight is 293 g/mol. The van der Waals surface area contributed by atoms with Crippen LogP contribution in [0.5, 0.6) is 5.75 Å². The van der Waals surface area contributed by atoms with E-state index in [2.05, 4.69) is 0 Å². The van der Waals surface area contributed by atoms with E-state index < -0.39 is 0 Å². The van der Waals surface area contributed by atoms with Crippen molar-refractivity contribution in [3.63, 3.8) is 0 Å². The molecule has 1 aliphatic rings. The Morgan fingerprint density at radius 3 is 2.55 bits per heavy atom. The van der Waals surface area contributed by atoms with E-state index in [1.54, 1.807) is 4.90 Å². The molecular weight excluding hydrogens is 274 g/mol. The van der Waals surface area contributed by atoms with Gasteiger partial charge in [-0.3, -0.25) is 4.79 Å². The lowest BCUT2D eigenvalue weighted by atomic mass is 10.2. The summed E-state index contributed by atoms with van der Waals surface area (Å²) in [5.74, 6) is 0.717. The minimum absolute atomic E-state index is 0.00547. The van der Waals surface area contributed by atoms with Gasteiger partial charge in [-0.15, -0.1) is 0 Å². The Bertz CT molecular complexity index is 499. The lowest BCUT2D eigenvalue weighted by Crippen LogP contribution is -2.52. The van der Waals surface area contributed by atoms with Gasteiger partial charge in [-0.25, -0.2) is 0 Å². The molecule has 108 valence electrons. The third kappa shape index (κ3) is 3.84. The van der Waals surface area contributed by atoms with Crippen molar-refractivity contribution < 1.29 is 9.53 Å². The summed E-state index contributed by atoms with van der Waals surface area (Å²) in [6.07, 6.45) is 0. The van der Waals surface area contributed by atoms with E-state index >= 15 is 0 Å². The van der Waals surface area contributed by atoms with Gasteiger partial charge in [-0.1, -0.05) is 12.1 Å². The number of nitrogens with zero attached hydrogens (tertiary/aromatic N) is 2. The lowest BCUT2D eigenvalue weighted by Gasteiger charge is -2.34. The Morgan fingerprint density at radius 2 is 1.95 bits per heavy atom. The Morgan fingerprint density at radius 1 is 1.30 bits per heavy atom. The van der Waals surface area contributed by atoms with Gasteiger partial charge in [0.25, 0.3) is 5.91 Å². The van der Waals surface area contributed by atoms with E-state index in [0.717, 1.165) is 11.3 Å². The van der Waals surface area contributed by atoms with Crippen molar-refractivity contribution in [3.05, 3.63) is 29.8 Å². The van der Waals surface area contributed by atoms with Crippen molar-refractivity contribution in [3.8, 4) is 5.75 Å². The van der Waals surface area contributed by atoms with Gasteiger partial charge in [0.1, 0.15) is 5.75 Å². The predicted molar refractivity (Wildman–Crippen MR) is 81.6 cm³/mol. The van der Waals surface area contributed by atoms with Gasteiger partial charge in [0.2, 0.25) is 0 Å². The molecule has 0 radical (unpaired) electrons. The van der Waals surface area contributed by atoms with Crippen LogP contribution < -0.4 is 10.5 Å². The van der Waals surface area contributed by atoms with E-state index in [1.165, 1.54) is 0 Å². The molecule has 2 rings (SSSR count). The number of hydrogen-bond acceptors (Lipinski definition) is 3. The fourth-order valence-corrected chi connectivity index (χ4v) is 2.30. The van der Waals surface area contributed by atoms with Gasteiger partial charge in [0, 0.05) is 26.2 Å². The molecule has 20 heavy (non-hydrogen) atoms. The van der Waals surface area contributed by atoms with E-state index in [1.807, 2.05) is 36.1 Å². The molecule has 1 aromatic rings. The van der Waals surface area contributed by atoms with Crippen molar-refractivity contribution in [1.29, 1.82) is 0 Å². The average Bonchev–Trinajstić information content (AvgIpc) is 2.45. The number of carbonyl (C=O) groups is 1. The molecule has 0 unspecified atom stereocenters. The predicted octanol–water partition coefficient (Wildman–Crippen LogP) is 0.762. The minimum atomic E-state index is -0.00547. The molecule has 0 aromatic heterocycles. The second-order valence-corrected chi connectivity index (χ2v) is 5.23. The fourth-order valence-electron chi connectivity index (χ4n) is 2.12. The molecule has 0 spiro atoms. The summed E-state index contributed by atoms with van der Waals surface area (Å²) in [4.78, 5) is 15.7. The Hall–Kier alpha value is -1.82. The highest BCUT2D eigenvalue weighted by atomic mass is 32.1. The molecule has 5 nitrogen and oxygen atoms in total. The van der Waals surface area contributed by atoms with Crippen molar-refractivity contribution in [2.24, 2.45) is 5.73 Å². The highest BCUT2D eigenvalue weighted by Gasteiger charge is 2.21. The molecule has 1 heterocycles. The van der Waals surface area contributed by atoms with Crippen molar-refractivity contribution >= 4 is 23.2 Å². The number of rotatable bonds is 3. The summed E-state index contributed by atoms with van der Waals surface area (Å²) in [6, 6.07) is 7.67. The highest BCUT2D eigenvalue weighted by Crippen LogP contribution is 2.12. The summed E-state index contributed by atoms with van der Waals surface area (Å²) < 4.78 is 5.52. The first kappa shape index (κ1) is 14.6. The molecule has 0 saturated carbocycles. The van der Waals surface area contributed by atoms with E-state index in [0.29, 0.717) is 31.3 Å². The number of amides is 1. The number of carbonyl (C=O) groups excluding carboxylic acids is 1. The summed E-state index contributed by atoms with van der Waals surface area (Å²) in [5, 5.41) is 0.396. The van der Waals surface area contributed by atoms with Crippen LogP contribution in [0.25, 0.3) is 0 Å². The first-order valence-corrected chi connectivity index (χ1v) is 6.99. The Balaban J connectivity index is 1.80. The molecule has 0 bridgehead atoms. The van der Waals surface area contributed by atoms with Gasteiger partial charge in [-0.2, -0.15) is 0 Å². The fraction of sp³-hybridized carbons (Fsp3) is 0.429. The molecule has 0 aliphatic carbocycles. The molecule has 1 aliphatic heterocycles. The Kier molecular flexibility index (Phi) is 4.79. The number of ether oxygens (including phenoxy) is 1. The zero-order chi connectivity index (χ0) is 14.5. The second kappa shape index (κ2) is 6.56. The quantitative estimate of drug-likeness (QED) is 0.834. The van der Waals surface area contributed by atoms with Gasteiger partial charge in [-0.05, 0) is 36.8 Å². The van der Waals surface area contributed by atoms with Crippen molar-refractivity contribution in [2.45, 2.75) is 6.92 Å². The molecule has 1 aromatic carbocycles. The second-order valence-electron chi connectivity index (χ2n) is 4.81. The topological polar surface area (TPSA) is 58.8 Å². The van der Waals surface area contributed by atoms with Crippen LogP contribution in [-0.4, -0.2) is 53.6 Å². The SMILES string of the molecule is Cc1cccc(OCC(=O)N2CCN(C(N)=S)CC2)c1.